The smallest absolute Gasteiger partial charge is 0.0572 e. The van der Waals surface area contributed by atoms with Crippen molar-refractivity contribution >= 4 is 23.2 Å². The summed E-state index contributed by atoms with van der Waals surface area (Å²) in [6.07, 6.45) is 0. The van der Waals surface area contributed by atoms with E-state index in [-0.39, 0.29) is 6.04 Å². The molecule has 0 saturated carbocycles. The summed E-state index contributed by atoms with van der Waals surface area (Å²) in [4.78, 5) is 0. The third kappa shape index (κ3) is 2.54. The highest BCUT2D eigenvalue weighted by Crippen LogP contribution is 2.31. The number of halogens is 2. The SMILES string of the molecule is Cc1cccc(C)c1C(N)c1cc(Cl)ccc1Cl. The molecule has 1 unspecified atom stereocenters. The van der Waals surface area contributed by atoms with Gasteiger partial charge in [0.15, 0.2) is 0 Å². The molecular weight excluding hydrogens is 265 g/mol. The van der Waals surface area contributed by atoms with Crippen LogP contribution in [0.25, 0.3) is 0 Å². The molecule has 1 atom stereocenters. The van der Waals surface area contributed by atoms with E-state index < -0.39 is 0 Å². The summed E-state index contributed by atoms with van der Waals surface area (Å²) in [7, 11) is 0. The molecule has 2 aromatic carbocycles. The predicted molar refractivity (Wildman–Crippen MR) is 78.4 cm³/mol. The lowest BCUT2D eigenvalue weighted by Crippen LogP contribution is -2.15. The van der Waals surface area contributed by atoms with Crippen LogP contribution in [0.4, 0.5) is 0 Å². The first-order valence-electron chi connectivity index (χ1n) is 5.77. The number of hydrogen-bond donors (Lipinski definition) is 1. The zero-order chi connectivity index (χ0) is 13.3. The summed E-state index contributed by atoms with van der Waals surface area (Å²) in [5, 5.41) is 1.30. The third-order valence-electron chi connectivity index (χ3n) is 3.15. The van der Waals surface area contributed by atoms with E-state index in [4.69, 9.17) is 28.9 Å². The van der Waals surface area contributed by atoms with Crippen LogP contribution in [-0.2, 0) is 0 Å². The van der Waals surface area contributed by atoms with Gasteiger partial charge in [-0.3, -0.25) is 0 Å². The molecule has 0 saturated heterocycles. The van der Waals surface area contributed by atoms with Gasteiger partial charge >= 0.3 is 0 Å². The fourth-order valence-corrected chi connectivity index (χ4v) is 2.64. The van der Waals surface area contributed by atoms with Crippen LogP contribution in [-0.4, -0.2) is 0 Å². The molecule has 0 aliphatic carbocycles. The Bertz CT molecular complexity index is 558. The standard InChI is InChI=1S/C15H15Cl2N/c1-9-4-3-5-10(2)14(9)15(18)12-8-11(16)6-7-13(12)17/h3-8,15H,18H2,1-2H3. The summed E-state index contributed by atoms with van der Waals surface area (Å²) < 4.78 is 0. The van der Waals surface area contributed by atoms with Crippen molar-refractivity contribution in [2.24, 2.45) is 5.73 Å². The normalized spacial score (nSPS) is 12.5. The molecule has 0 heterocycles. The molecule has 0 radical (unpaired) electrons. The van der Waals surface area contributed by atoms with Gasteiger partial charge in [0.2, 0.25) is 0 Å². The number of benzene rings is 2. The molecule has 0 aromatic heterocycles. The fourth-order valence-electron chi connectivity index (χ4n) is 2.23. The number of nitrogens with two attached hydrogens (primary N) is 1. The highest BCUT2D eigenvalue weighted by atomic mass is 35.5. The summed E-state index contributed by atoms with van der Waals surface area (Å²) in [5.74, 6) is 0. The minimum Gasteiger partial charge on any atom is -0.320 e. The van der Waals surface area contributed by atoms with E-state index in [0.717, 1.165) is 11.1 Å². The maximum absolute atomic E-state index is 6.34. The van der Waals surface area contributed by atoms with Gasteiger partial charge in [0.1, 0.15) is 0 Å². The predicted octanol–water partition coefficient (Wildman–Crippen LogP) is 4.66. The van der Waals surface area contributed by atoms with Gasteiger partial charge in [0.05, 0.1) is 6.04 Å². The van der Waals surface area contributed by atoms with Gasteiger partial charge in [-0.25, -0.2) is 0 Å². The van der Waals surface area contributed by atoms with Gasteiger partial charge in [-0.05, 0) is 54.3 Å². The van der Waals surface area contributed by atoms with Crippen molar-refractivity contribution in [1.82, 2.24) is 0 Å². The molecule has 3 heteroatoms. The van der Waals surface area contributed by atoms with E-state index >= 15 is 0 Å². The van der Waals surface area contributed by atoms with Crippen molar-refractivity contribution in [3.05, 3.63) is 68.7 Å². The third-order valence-corrected chi connectivity index (χ3v) is 3.73. The molecule has 0 bridgehead atoms. The molecular formula is C15H15Cl2N. The van der Waals surface area contributed by atoms with Crippen molar-refractivity contribution in [3.63, 3.8) is 0 Å². The van der Waals surface area contributed by atoms with Crippen LogP contribution >= 0.6 is 23.2 Å². The topological polar surface area (TPSA) is 26.0 Å². The Balaban J connectivity index is 2.54. The van der Waals surface area contributed by atoms with Gasteiger partial charge in [-0.1, -0.05) is 41.4 Å². The average Bonchev–Trinajstić information content (AvgIpc) is 2.32. The molecule has 0 aliphatic heterocycles. The Morgan fingerprint density at radius 2 is 1.61 bits per heavy atom. The van der Waals surface area contributed by atoms with E-state index in [9.17, 15) is 0 Å². The molecule has 0 fully saturated rings. The van der Waals surface area contributed by atoms with Gasteiger partial charge < -0.3 is 5.73 Å². The zero-order valence-electron chi connectivity index (χ0n) is 10.4. The van der Waals surface area contributed by atoms with E-state index in [1.807, 2.05) is 12.1 Å². The van der Waals surface area contributed by atoms with E-state index in [1.54, 1.807) is 12.1 Å². The Hall–Kier alpha value is -1.02. The number of aryl methyl sites for hydroxylation is 2. The maximum Gasteiger partial charge on any atom is 0.0572 e. The van der Waals surface area contributed by atoms with Crippen molar-refractivity contribution in [1.29, 1.82) is 0 Å². The van der Waals surface area contributed by atoms with E-state index in [0.29, 0.717) is 10.0 Å². The highest BCUT2D eigenvalue weighted by Gasteiger charge is 2.16. The second-order valence-electron chi connectivity index (χ2n) is 4.45. The van der Waals surface area contributed by atoms with Crippen LogP contribution in [0.2, 0.25) is 10.0 Å². The van der Waals surface area contributed by atoms with Crippen LogP contribution in [0.3, 0.4) is 0 Å². The van der Waals surface area contributed by atoms with Crippen molar-refractivity contribution in [2.75, 3.05) is 0 Å². The van der Waals surface area contributed by atoms with Crippen LogP contribution in [0.5, 0.6) is 0 Å². The lowest BCUT2D eigenvalue weighted by atomic mass is 9.92. The van der Waals surface area contributed by atoms with Crippen LogP contribution in [0, 0.1) is 13.8 Å². The van der Waals surface area contributed by atoms with Crippen LogP contribution in [0.15, 0.2) is 36.4 Å². The summed E-state index contributed by atoms with van der Waals surface area (Å²) in [6, 6.07) is 11.3. The molecule has 2 aromatic rings. The Morgan fingerprint density at radius 3 is 2.22 bits per heavy atom. The van der Waals surface area contributed by atoms with E-state index in [2.05, 4.69) is 26.0 Å². The van der Waals surface area contributed by atoms with Gasteiger partial charge in [-0.2, -0.15) is 0 Å². The quantitative estimate of drug-likeness (QED) is 0.850. The summed E-state index contributed by atoms with van der Waals surface area (Å²) in [5.41, 5.74) is 10.7. The Labute approximate surface area is 118 Å². The highest BCUT2D eigenvalue weighted by molar-refractivity contribution is 6.33. The molecule has 0 aliphatic rings. The average molecular weight is 280 g/mol. The van der Waals surface area contributed by atoms with Crippen molar-refractivity contribution in [2.45, 2.75) is 19.9 Å². The summed E-state index contributed by atoms with van der Waals surface area (Å²) >= 11 is 12.2. The lowest BCUT2D eigenvalue weighted by molar-refractivity contribution is 0.852. The second kappa shape index (κ2) is 5.31. The monoisotopic (exact) mass is 279 g/mol. The minimum absolute atomic E-state index is 0.252. The second-order valence-corrected chi connectivity index (χ2v) is 5.29. The first kappa shape index (κ1) is 13.4. The number of rotatable bonds is 2. The van der Waals surface area contributed by atoms with Gasteiger partial charge in [0, 0.05) is 10.0 Å². The Kier molecular flexibility index (Phi) is 3.96. The van der Waals surface area contributed by atoms with Crippen molar-refractivity contribution in [3.8, 4) is 0 Å². The molecule has 94 valence electrons. The zero-order valence-corrected chi connectivity index (χ0v) is 11.9. The molecule has 0 spiro atoms. The molecule has 1 nitrogen and oxygen atoms in total. The van der Waals surface area contributed by atoms with Gasteiger partial charge in [0.25, 0.3) is 0 Å². The van der Waals surface area contributed by atoms with Crippen molar-refractivity contribution < 1.29 is 0 Å². The number of hydrogen-bond acceptors (Lipinski definition) is 1. The molecule has 2 N–H and O–H groups in total. The van der Waals surface area contributed by atoms with Crippen LogP contribution in [0.1, 0.15) is 28.3 Å². The maximum atomic E-state index is 6.34. The summed E-state index contributed by atoms with van der Waals surface area (Å²) in [6.45, 7) is 4.11. The molecule has 18 heavy (non-hydrogen) atoms. The van der Waals surface area contributed by atoms with Gasteiger partial charge in [-0.15, -0.1) is 0 Å². The van der Waals surface area contributed by atoms with Crippen LogP contribution < -0.4 is 5.73 Å². The fraction of sp³-hybridized carbons (Fsp3) is 0.200. The van der Waals surface area contributed by atoms with E-state index in [1.165, 1.54) is 11.1 Å². The lowest BCUT2D eigenvalue weighted by Gasteiger charge is -2.19. The first-order chi connectivity index (χ1) is 8.50. The minimum atomic E-state index is -0.252. The molecule has 2 rings (SSSR count). The Morgan fingerprint density at radius 1 is 1.00 bits per heavy atom. The largest absolute Gasteiger partial charge is 0.320 e. The first-order valence-corrected chi connectivity index (χ1v) is 6.53. The molecule has 0 amide bonds.